The van der Waals surface area contributed by atoms with Gasteiger partial charge in [-0.1, -0.05) is 5.22 Å². The van der Waals surface area contributed by atoms with Crippen LogP contribution in [-0.2, 0) is 0 Å². The Bertz CT molecular complexity index is 98.6. The molecule has 4 nitrogen and oxygen atoms in total. The molecule has 8 heavy (non-hydrogen) atoms. The topological polar surface area (TPSA) is 31.2 Å². The van der Waals surface area contributed by atoms with Gasteiger partial charge >= 0.3 is 0 Å². The Labute approximate surface area is 48.7 Å². The van der Waals surface area contributed by atoms with Gasteiger partial charge in [-0.25, -0.2) is 5.12 Å². The minimum Gasteiger partial charge on any atom is -0.210 e. The van der Waals surface area contributed by atoms with Crippen molar-refractivity contribution in [2.75, 3.05) is 14.1 Å². The van der Waals surface area contributed by atoms with Crippen LogP contribution < -0.4 is 0 Å². The molecule has 1 aliphatic heterocycles. The first-order valence-corrected chi connectivity index (χ1v) is 2.59. The van der Waals surface area contributed by atoms with E-state index in [1.54, 1.807) is 5.12 Å². The minimum atomic E-state index is 0.208. The van der Waals surface area contributed by atoms with Gasteiger partial charge in [-0.2, -0.15) is 5.01 Å². The molecule has 0 saturated carbocycles. The van der Waals surface area contributed by atoms with Gasteiger partial charge in [0.15, 0.2) is 0 Å². The van der Waals surface area contributed by atoms with E-state index >= 15 is 0 Å². The SMILES string of the molecule is CC1N=NN(C)N1C. The lowest BCUT2D eigenvalue weighted by Gasteiger charge is -2.18. The summed E-state index contributed by atoms with van der Waals surface area (Å²) in [7, 11) is 3.82. The summed E-state index contributed by atoms with van der Waals surface area (Å²) in [6.07, 6.45) is 0.208. The number of rotatable bonds is 0. The van der Waals surface area contributed by atoms with Crippen LogP contribution in [0.5, 0.6) is 0 Å². The van der Waals surface area contributed by atoms with Crippen molar-refractivity contribution in [3.8, 4) is 0 Å². The lowest BCUT2D eigenvalue weighted by Crippen LogP contribution is -2.32. The van der Waals surface area contributed by atoms with Gasteiger partial charge < -0.3 is 0 Å². The maximum Gasteiger partial charge on any atom is 0.140 e. The molecule has 0 N–H and O–H groups in total. The molecular formula is C4H10N4. The first-order valence-electron chi connectivity index (χ1n) is 2.59. The summed E-state index contributed by atoms with van der Waals surface area (Å²) in [5.41, 5.74) is 0. The maximum absolute atomic E-state index is 3.88. The van der Waals surface area contributed by atoms with Crippen LogP contribution in [0.1, 0.15) is 6.92 Å². The van der Waals surface area contributed by atoms with Crippen LogP contribution in [0.25, 0.3) is 0 Å². The summed E-state index contributed by atoms with van der Waals surface area (Å²) in [5, 5.41) is 11.3. The van der Waals surface area contributed by atoms with Crippen LogP contribution in [-0.4, -0.2) is 30.4 Å². The summed E-state index contributed by atoms with van der Waals surface area (Å²) in [4.78, 5) is 0. The highest BCUT2D eigenvalue weighted by Gasteiger charge is 2.16. The number of nitrogens with zero attached hydrogens (tertiary/aromatic N) is 4. The fourth-order valence-corrected chi connectivity index (χ4v) is 0.529. The van der Waals surface area contributed by atoms with Gasteiger partial charge in [0.2, 0.25) is 0 Å². The monoisotopic (exact) mass is 114 g/mol. The number of hydrazine groups is 1. The standard InChI is InChI=1S/C4H10N4/c1-4-5-6-8(3)7(4)2/h4H,1-3H3. The van der Waals surface area contributed by atoms with E-state index in [-0.39, 0.29) is 6.17 Å². The summed E-state index contributed by atoms with van der Waals surface area (Å²) in [6, 6.07) is 0. The van der Waals surface area contributed by atoms with E-state index in [0.29, 0.717) is 0 Å². The fourth-order valence-electron chi connectivity index (χ4n) is 0.529. The average Bonchev–Trinajstić information content (AvgIpc) is 1.98. The summed E-state index contributed by atoms with van der Waals surface area (Å²) in [6.45, 7) is 1.99. The van der Waals surface area contributed by atoms with E-state index in [4.69, 9.17) is 0 Å². The van der Waals surface area contributed by atoms with Crippen molar-refractivity contribution in [3.63, 3.8) is 0 Å². The molecule has 0 bridgehead atoms. The molecule has 0 aromatic carbocycles. The highest BCUT2D eigenvalue weighted by molar-refractivity contribution is 4.56. The number of hydrogen-bond acceptors (Lipinski definition) is 4. The summed E-state index contributed by atoms with van der Waals surface area (Å²) < 4.78 is 0. The van der Waals surface area contributed by atoms with Gasteiger partial charge in [-0.05, 0) is 6.92 Å². The van der Waals surface area contributed by atoms with Crippen molar-refractivity contribution in [1.29, 1.82) is 0 Å². The first-order chi connectivity index (χ1) is 3.72. The third-order valence-electron chi connectivity index (χ3n) is 1.35. The molecule has 0 amide bonds. The Kier molecular flexibility index (Phi) is 1.17. The van der Waals surface area contributed by atoms with Crippen LogP contribution in [0.3, 0.4) is 0 Å². The normalized spacial score (nSPS) is 29.9. The third kappa shape index (κ3) is 0.667. The first kappa shape index (κ1) is 5.50. The van der Waals surface area contributed by atoms with E-state index in [1.807, 2.05) is 26.0 Å². The zero-order valence-corrected chi connectivity index (χ0v) is 5.37. The highest BCUT2D eigenvalue weighted by Crippen LogP contribution is 2.08. The van der Waals surface area contributed by atoms with Gasteiger partial charge in [-0.15, -0.1) is 5.11 Å². The van der Waals surface area contributed by atoms with E-state index < -0.39 is 0 Å². The Balaban J connectivity index is 2.55. The van der Waals surface area contributed by atoms with Crippen LogP contribution in [0.4, 0.5) is 0 Å². The van der Waals surface area contributed by atoms with Crippen molar-refractivity contribution in [2.45, 2.75) is 13.1 Å². The van der Waals surface area contributed by atoms with E-state index in [2.05, 4.69) is 10.3 Å². The predicted octanol–water partition coefficient (Wildman–Crippen LogP) is 0.492. The van der Waals surface area contributed by atoms with Gasteiger partial charge in [0.1, 0.15) is 6.17 Å². The second-order valence-corrected chi connectivity index (χ2v) is 1.90. The molecule has 1 rings (SSSR count). The molecule has 0 radical (unpaired) electrons. The molecular weight excluding hydrogens is 104 g/mol. The van der Waals surface area contributed by atoms with Crippen LogP contribution in [0, 0.1) is 0 Å². The molecule has 0 fully saturated rings. The van der Waals surface area contributed by atoms with E-state index in [1.165, 1.54) is 0 Å². The van der Waals surface area contributed by atoms with E-state index in [0.717, 1.165) is 0 Å². The molecule has 4 heteroatoms. The Hall–Kier alpha value is -0.640. The fraction of sp³-hybridized carbons (Fsp3) is 1.00. The van der Waals surface area contributed by atoms with Crippen molar-refractivity contribution < 1.29 is 0 Å². The molecule has 0 aromatic heterocycles. The van der Waals surface area contributed by atoms with Gasteiger partial charge in [0.05, 0.1) is 0 Å². The van der Waals surface area contributed by atoms with Crippen LogP contribution in [0.2, 0.25) is 0 Å². The van der Waals surface area contributed by atoms with Crippen molar-refractivity contribution in [2.24, 2.45) is 10.3 Å². The van der Waals surface area contributed by atoms with Crippen molar-refractivity contribution in [1.82, 2.24) is 10.1 Å². The molecule has 1 heterocycles. The molecule has 0 spiro atoms. The molecule has 46 valence electrons. The third-order valence-corrected chi connectivity index (χ3v) is 1.35. The quantitative estimate of drug-likeness (QED) is 0.459. The van der Waals surface area contributed by atoms with Gasteiger partial charge in [0.25, 0.3) is 0 Å². The predicted molar refractivity (Wildman–Crippen MR) is 29.8 cm³/mol. The van der Waals surface area contributed by atoms with Gasteiger partial charge in [-0.3, -0.25) is 0 Å². The smallest absolute Gasteiger partial charge is 0.140 e. The van der Waals surface area contributed by atoms with Crippen molar-refractivity contribution >= 4 is 0 Å². The second-order valence-electron chi connectivity index (χ2n) is 1.90. The molecule has 0 saturated heterocycles. The average molecular weight is 114 g/mol. The number of hydrogen-bond donors (Lipinski definition) is 0. The van der Waals surface area contributed by atoms with Crippen LogP contribution >= 0.6 is 0 Å². The minimum absolute atomic E-state index is 0.208. The zero-order chi connectivity index (χ0) is 6.15. The molecule has 1 aliphatic rings. The molecule has 0 aromatic rings. The Morgan fingerprint density at radius 3 is 2.12 bits per heavy atom. The Morgan fingerprint density at radius 2 is 2.00 bits per heavy atom. The van der Waals surface area contributed by atoms with Crippen LogP contribution in [0.15, 0.2) is 10.3 Å². The lowest BCUT2D eigenvalue weighted by molar-refractivity contribution is 0.0378. The maximum atomic E-state index is 3.88. The summed E-state index contributed by atoms with van der Waals surface area (Å²) >= 11 is 0. The molecule has 1 atom stereocenters. The second kappa shape index (κ2) is 1.70. The zero-order valence-electron chi connectivity index (χ0n) is 5.37. The largest absolute Gasteiger partial charge is 0.210 e. The molecule has 0 aliphatic carbocycles. The highest BCUT2D eigenvalue weighted by atomic mass is 15.9. The lowest BCUT2D eigenvalue weighted by atomic mass is 10.6. The van der Waals surface area contributed by atoms with Crippen molar-refractivity contribution in [3.05, 3.63) is 0 Å². The Morgan fingerprint density at radius 1 is 1.38 bits per heavy atom. The van der Waals surface area contributed by atoms with Gasteiger partial charge in [0, 0.05) is 14.1 Å². The molecule has 1 unspecified atom stereocenters. The van der Waals surface area contributed by atoms with E-state index in [9.17, 15) is 0 Å². The summed E-state index contributed by atoms with van der Waals surface area (Å²) in [5.74, 6) is 0.